The summed E-state index contributed by atoms with van der Waals surface area (Å²) in [4.78, 5) is 23.4. The minimum atomic E-state index is -1.10. The molecule has 0 aliphatic heterocycles. The number of hydrogen-bond donors (Lipinski definition) is 2. The van der Waals surface area contributed by atoms with Crippen LogP contribution in [0.5, 0.6) is 0 Å². The van der Waals surface area contributed by atoms with E-state index in [0.29, 0.717) is 12.0 Å². The summed E-state index contributed by atoms with van der Waals surface area (Å²) in [6.07, 6.45) is 20.9. The molecule has 0 radical (unpaired) electrons. The third-order valence-electron chi connectivity index (χ3n) is 5.30. The lowest BCUT2D eigenvalue weighted by atomic mass is 9.99. The maximum absolute atomic E-state index is 12.3. The number of allylic oxidation sites excluding steroid dienone is 2. The average molecular weight is 402 g/mol. The number of aromatic carboxylic acids is 1. The first kappa shape index (κ1) is 24.9. The highest BCUT2D eigenvalue weighted by molar-refractivity contribution is 6.06. The lowest BCUT2D eigenvalue weighted by Gasteiger charge is -2.07. The zero-order valence-electron chi connectivity index (χ0n) is 18.1. The molecule has 0 heterocycles. The van der Waals surface area contributed by atoms with Crippen molar-refractivity contribution >= 4 is 17.4 Å². The quantitative estimate of drug-likeness (QED) is 0.125. The standard InChI is InChI=1S/C25H39NO3/c1-2-3-4-5-6-7-8-9-10-11-12-13-14-15-16-20-23(27)21-18-17-19-22(24(21)26)25(28)29/h9-10,17-19H,2-8,11-16,20,26H2,1H3,(H,28,29)/b10-9-. The molecule has 0 fully saturated rings. The minimum Gasteiger partial charge on any atom is -0.478 e. The van der Waals surface area contributed by atoms with Crippen LogP contribution < -0.4 is 5.73 Å². The predicted octanol–water partition coefficient (Wildman–Crippen LogP) is 7.19. The number of Topliss-reactive ketones (excluding diaryl/α,β-unsaturated/α-hetero) is 1. The van der Waals surface area contributed by atoms with Crippen molar-refractivity contribution in [3.8, 4) is 0 Å². The average Bonchev–Trinajstić information content (AvgIpc) is 2.70. The van der Waals surface area contributed by atoms with Crippen molar-refractivity contribution in [2.24, 2.45) is 0 Å². The molecule has 0 atom stereocenters. The molecule has 0 aromatic heterocycles. The van der Waals surface area contributed by atoms with Crippen LogP contribution in [0.1, 0.15) is 118 Å². The van der Waals surface area contributed by atoms with E-state index < -0.39 is 5.97 Å². The lowest BCUT2D eigenvalue weighted by Crippen LogP contribution is -2.09. The Balaban J connectivity index is 2.05. The van der Waals surface area contributed by atoms with Crippen molar-refractivity contribution in [3.63, 3.8) is 0 Å². The summed E-state index contributed by atoms with van der Waals surface area (Å²) in [5, 5.41) is 9.09. The van der Waals surface area contributed by atoms with Crippen molar-refractivity contribution in [2.75, 3.05) is 5.73 Å². The Labute approximate surface area is 176 Å². The number of anilines is 1. The number of carboxylic acid groups (broad SMARTS) is 1. The second-order valence-corrected chi connectivity index (χ2v) is 7.83. The maximum Gasteiger partial charge on any atom is 0.337 e. The van der Waals surface area contributed by atoms with Crippen molar-refractivity contribution in [1.82, 2.24) is 0 Å². The molecule has 0 spiro atoms. The zero-order valence-corrected chi connectivity index (χ0v) is 18.1. The number of ketones is 1. The first-order chi connectivity index (χ1) is 14.1. The van der Waals surface area contributed by atoms with Crippen molar-refractivity contribution in [3.05, 3.63) is 41.5 Å². The highest BCUT2D eigenvalue weighted by Crippen LogP contribution is 2.20. The smallest absolute Gasteiger partial charge is 0.337 e. The molecule has 4 nitrogen and oxygen atoms in total. The molecule has 1 aromatic rings. The molecule has 29 heavy (non-hydrogen) atoms. The van der Waals surface area contributed by atoms with Gasteiger partial charge in [0.25, 0.3) is 0 Å². The molecule has 0 amide bonds. The van der Waals surface area contributed by atoms with Crippen LogP contribution >= 0.6 is 0 Å². The molecule has 0 bridgehead atoms. The van der Waals surface area contributed by atoms with Gasteiger partial charge in [0.2, 0.25) is 0 Å². The lowest BCUT2D eigenvalue weighted by molar-refractivity contribution is 0.0698. The Morgan fingerprint density at radius 2 is 1.34 bits per heavy atom. The number of nitrogen functional groups attached to an aromatic ring is 1. The Bertz CT molecular complexity index is 637. The van der Waals surface area contributed by atoms with Crippen LogP contribution in [-0.2, 0) is 0 Å². The second kappa shape index (κ2) is 15.8. The summed E-state index contributed by atoms with van der Waals surface area (Å²) < 4.78 is 0. The number of carbonyl (C=O) groups excluding carboxylic acids is 1. The monoisotopic (exact) mass is 401 g/mol. The van der Waals surface area contributed by atoms with E-state index in [1.54, 1.807) is 12.1 Å². The molecule has 4 heteroatoms. The Morgan fingerprint density at radius 3 is 1.93 bits per heavy atom. The number of hydrogen-bond acceptors (Lipinski definition) is 3. The number of para-hydroxylation sites is 1. The van der Waals surface area contributed by atoms with E-state index in [-0.39, 0.29) is 17.0 Å². The van der Waals surface area contributed by atoms with Crippen LogP contribution in [0.2, 0.25) is 0 Å². The van der Waals surface area contributed by atoms with Gasteiger partial charge in [0.05, 0.1) is 11.3 Å². The van der Waals surface area contributed by atoms with E-state index in [4.69, 9.17) is 10.8 Å². The molecule has 0 aliphatic carbocycles. The Kier molecular flexibility index (Phi) is 13.6. The fraction of sp³-hybridized carbons (Fsp3) is 0.600. The van der Waals surface area contributed by atoms with Gasteiger partial charge in [-0.2, -0.15) is 0 Å². The van der Waals surface area contributed by atoms with E-state index in [9.17, 15) is 9.59 Å². The molecule has 162 valence electrons. The topological polar surface area (TPSA) is 80.4 Å². The molecule has 3 N–H and O–H groups in total. The van der Waals surface area contributed by atoms with Gasteiger partial charge >= 0.3 is 5.97 Å². The number of rotatable bonds is 17. The summed E-state index contributed by atoms with van der Waals surface area (Å²) in [6, 6.07) is 4.62. The number of carbonyl (C=O) groups is 2. The summed E-state index contributed by atoms with van der Waals surface area (Å²) in [5.41, 5.74) is 6.25. The highest BCUT2D eigenvalue weighted by atomic mass is 16.4. The molecule has 0 aliphatic rings. The molecule has 1 aromatic carbocycles. The first-order valence-corrected chi connectivity index (χ1v) is 11.4. The fourth-order valence-electron chi connectivity index (χ4n) is 3.49. The van der Waals surface area contributed by atoms with Crippen LogP contribution in [0.25, 0.3) is 0 Å². The summed E-state index contributed by atoms with van der Waals surface area (Å²) in [5.74, 6) is -1.17. The Morgan fingerprint density at radius 1 is 0.828 bits per heavy atom. The number of unbranched alkanes of at least 4 members (excludes halogenated alkanes) is 11. The third-order valence-corrected chi connectivity index (χ3v) is 5.30. The summed E-state index contributed by atoms with van der Waals surface area (Å²) in [6.45, 7) is 2.25. The zero-order chi connectivity index (χ0) is 21.3. The van der Waals surface area contributed by atoms with Crippen molar-refractivity contribution in [1.29, 1.82) is 0 Å². The van der Waals surface area contributed by atoms with E-state index in [1.165, 1.54) is 63.9 Å². The van der Waals surface area contributed by atoms with Gasteiger partial charge in [-0.25, -0.2) is 4.79 Å². The fourth-order valence-corrected chi connectivity index (χ4v) is 3.49. The largest absolute Gasteiger partial charge is 0.478 e. The minimum absolute atomic E-state index is 0.000368. The van der Waals surface area contributed by atoms with Crippen molar-refractivity contribution < 1.29 is 14.7 Å². The van der Waals surface area contributed by atoms with Gasteiger partial charge in [-0.1, -0.05) is 76.5 Å². The molecule has 0 saturated carbocycles. The maximum atomic E-state index is 12.3. The highest BCUT2D eigenvalue weighted by Gasteiger charge is 2.15. The van der Waals surface area contributed by atoms with Crippen LogP contribution in [0.3, 0.4) is 0 Å². The van der Waals surface area contributed by atoms with Gasteiger partial charge in [0, 0.05) is 12.0 Å². The first-order valence-electron chi connectivity index (χ1n) is 11.4. The number of benzene rings is 1. The van der Waals surface area contributed by atoms with Gasteiger partial charge in [0.15, 0.2) is 5.78 Å². The van der Waals surface area contributed by atoms with Crippen LogP contribution in [-0.4, -0.2) is 16.9 Å². The second-order valence-electron chi connectivity index (χ2n) is 7.83. The SMILES string of the molecule is CCCCCCCC/C=C\CCCCCCCC(=O)c1cccc(C(=O)O)c1N. The molecular formula is C25H39NO3. The molecular weight excluding hydrogens is 362 g/mol. The number of nitrogens with two attached hydrogens (primary N) is 1. The van der Waals surface area contributed by atoms with E-state index >= 15 is 0 Å². The predicted molar refractivity (Wildman–Crippen MR) is 122 cm³/mol. The van der Waals surface area contributed by atoms with Crippen molar-refractivity contribution in [2.45, 2.75) is 96.8 Å². The van der Waals surface area contributed by atoms with Crippen LogP contribution in [0.4, 0.5) is 5.69 Å². The molecule has 0 unspecified atom stereocenters. The van der Waals surface area contributed by atoms with Crippen LogP contribution in [0, 0.1) is 0 Å². The summed E-state index contributed by atoms with van der Waals surface area (Å²) in [7, 11) is 0. The van der Waals surface area contributed by atoms with Gasteiger partial charge in [-0.15, -0.1) is 0 Å². The van der Waals surface area contributed by atoms with Gasteiger partial charge in [-0.3, -0.25) is 4.79 Å². The number of carboxylic acids is 1. The molecule has 0 saturated heterocycles. The van der Waals surface area contributed by atoms with E-state index in [2.05, 4.69) is 19.1 Å². The summed E-state index contributed by atoms with van der Waals surface area (Å²) >= 11 is 0. The van der Waals surface area contributed by atoms with E-state index in [1.807, 2.05) is 0 Å². The van der Waals surface area contributed by atoms with Gasteiger partial charge < -0.3 is 10.8 Å². The third kappa shape index (κ3) is 10.9. The van der Waals surface area contributed by atoms with Gasteiger partial charge in [0.1, 0.15) is 0 Å². The van der Waals surface area contributed by atoms with Gasteiger partial charge in [-0.05, 0) is 44.2 Å². The van der Waals surface area contributed by atoms with Crippen LogP contribution in [0.15, 0.2) is 30.4 Å². The normalized spacial score (nSPS) is 11.2. The molecule has 1 rings (SSSR count). The Hall–Kier alpha value is -2.10. The van der Waals surface area contributed by atoms with E-state index in [0.717, 1.165) is 25.7 Å².